The second-order valence-electron chi connectivity index (χ2n) is 5.13. The largest absolute Gasteiger partial charge is 0.387 e. The number of likely N-dealkylation sites (N-methyl/N-ethyl adjacent to an activating group) is 1. The van der Waals surface area contributed by atoms with E-state index in [0.717, 1.165) is 17.3 Å². The van der Waals surface area contributed by atoms with Gasteiger partial charge in [0.25, 0.3) is 5.91 Å². The Labute approximate surface area is 129 Å². The van der Waals surface area contributed by atoms with E-state index in [-0.39, 0.29) is 12.1 Å². The van der Waals surface area contributed by atoms with Gasteiger partial charge in [-0.3, -0.25) is 9.78 Å². The predicted octanol–water partition coefficient (Wildman–Crippen LogP) is 2.72. The van der Waals surface area contributed by atoms with Crippen molar-refractivity contribution in [2.75, 3.05) is 13.1 Å². The molecular formula is C17H19FN2O2. The van der Waals surface area contributed by atoms with Gasteiger partial charge >= 0.3 is 0 Å². The van der Waals surface area contributed by atoms with Crippen LogP contribution in [0.4, 0.5) is 4.39 Å². The summed E-state index contributed by atoms with van der Waals surface area (Å²) in [5.41, 5.74) is 1.79. The number of aryl methyl sites for hydroxylation is 1. The standard InChI is InChI=1S/C17H19FN2O2/c1-3-20(17(22)14-8-9-19-10-15(14)18)11-16(21)13-6-4-12(2)5-7-13/h4-10,16,21H,3,11H2,1-2H3. The number of hydrogen-bond acceptors (Lipinski definition) is 3. The fourth-order valence-electron chi connectivity index (χ4n) is 2.18. The van der Waals surface area contributed by atoms with Crippen LogP contribution in [0.5, 0.6) is 0 Å². The fraction of sp³-hybridized carbons (Fsp3) is 0.294. The van der Waals surface area contributed by atoms with Gasteiger partial charge in [-0.05, 0) is 25.5 Å². The van der Waals surface area contributed by atoms with Gasteiger partial charge in [-0.15, -0.1) is 0 Å². The lowest BCUT2D eigenvalue weighted by molar-refractivity contribution is 0.0630. The first kappa shape index (κ1) is 16.1. The fourth-order valence-corrected chi connectivity index (χ4v) is 2.18. The molecule has 2 aromatic rings. The topological polar surface area (TPSA) is 53.4 Å². The van der Waals surface area contributed by atoms with Crippen LogP contribution in [0.15, 0.2) is 42.7 Å². The first-order chi connectivity index (χ1) is 10.5. The van der Waals surface area contributed by atoms with E-state index < -0.39 is 17.8 Å². The van der Waals surface area contributed by atoms with Crippen LogP contribution in [-0.4, -0.2) is 34.0 Å². The first-order valence-electron chi connectivity index (χ1n) is 7.16. The maximum atomic E-state index is 13.7. The minimum absolute atomic E-state index is 0.0343. The molecule has 1 unspecified atom stereocenters. The van der Waals surface area contributed by atoms with E-state index in [2.05, 4.69) is 4.98 Å². The molecule has 0 saturated heterocycles. The lowest BCUT2D eigenvalue weighted by Gasteiger charge is -2.24. The number of rotatable bonds is 5. The van der Waals surface area contributed by atoms with Gasteiger partial charge in [0.2, 0.25) is 0 Å². The third-order valence-electron chi connectivity index (χ3n) is 3.53. The lowest BCUT2D eigenvalue weighted by atomic mass is 10.1. The number of aromatic nitrogens is 1. The lowest BCUT2D eigenvalue weighted by Crippen LogP contribution is -2.35. The van der Waals surface area contributed by atoms with E-state index >= 15 is 0 Å². The van der Waals surface area contributed by atoms with Crippen LogP contribution >= 0.6 is 0 Å². The van der Waals surface area contributed by atoms with E-state index in [1.807, 2.05) is 31.2 Å². The maximum Gasteiger partial charge on any atom is 0.257 e. The molecule has 1 amide bonds. The Bertz CT molecular complexity index is 643. The van der Waals surface area contributed by atoms with Crippen molar-refractivity contribution in [2.45, 2.75) is 20.0 Å². The van der Waals surface area contributed by atoms with Gasteiger partial charge in [0.05, 0.1) is 24.4 Å². The molecular weight excluding hydrogens is 283 g/mol. The monoisotopic (exact) mass is 302 g/mol. The molecule has 1 atom stereocenters. The summed E-state index contributed by atoms with van der Waals surface area (Å²) in [6.07, 6.45) is 1.58. The van der Waals surface area contributed by atoms with E-state index in [4.69, 9.17) is 0 Å². The zero-order chi connectivity index (χ0) is 16.1. The summed E-state index contributed by atoms with van der Waals surface area (Å²) in [4.78, 5) is 17.4. The molecule has 0 saturated carbocycles. The van der Waals surface area contributed by atoms with Gasteiger partial charge in [0, 0.05) is 12.7 Å². The normalized spacial score (nSPS) is 12.0. The molecule has 0 bridgehead atoms. The number of amides is 1. The highest BCUT2D eigenvalue weighted by Gasteiger charge is 2.21. The molecule has 116 valence electrons. The van der Waals surface area contributed by atoms with Crippen molar-refractivity contribution < 1.29 is 14.3 Å². The average Bonchev–Trinajstić information content (AvgIpc) is 2.53. The van der Waals surface area contributed by atoms with Crippen molar-refractivity contribution >= 4 is 5.91 Å². The first-order valence-corrected chi connectivity index (χ1v) is 7.16. The van der Waals surface area contributed by atoms with Crippen molar-refractivity contribution in [3.05, 3.63) is 65.2 Å². The van der Waals surface area contributed by atoms with Gasteiger partial charge in [0.1, 0.15) is 0 Å². The Hall–Kier alpha value is -2.27. The Morgan fingerprint density at radius 3 is 2.59 bits per heavy atom. The van der Waals surface area contributed by atoms with Crippen molar-refractivity contribution in [3.8, 4) is 0 Å². The molecule has 2 rings (SSSR count). The molecule has 1 aromatic carbocycles. The smallest absolute Gasteiger partial charge is 0.257 e. The highest BCUT2D eigenvalue weighted by molar-refractivity contribution is 5.94. The number of pyridine rings is 1. The zero-order valence-corrected chi connectivity index (χ0v) is 12.7. The SMILES string of the molecule is CCN(CC(O)c1ccc(C)cc1)C(=O)c1ccncc1F. The quantitative estimate of drug-likeness (QED) is 0.924. The number of aliphatic hydroxyl groups is 1. The van der Waals surface area contributed by atoms with Crippen LogP contribution in [0.2, 0.25) is 0 Å². The molecule has 1 aromatic heterocycles. The van der Waals surface area contributed by atoms with Gasteiger partial charge < -0.3 is 10.0 Å². The van der Waals surface area contributed by atoms with Crippen molar-refractivity contribution in [3.63, 3.8) is 0 Å². The number of carbonyl (C=O) groups excluding carboxylic acids is 1. The molecule has 0 aliphatic carbocycles. The summed E-state index contributed by atoms with van der Waals surface area (Å²) in [6, 6.07) is 8.80. The number of benzene rings is 1. The second-order valence-corrected chi connectivity index (χ2v) is 5.13. The highest BCUT2D eigenvalue weighted by Crippen LogP contribution is 2.17. The number of nitrogens with zero attached hydrogens (tertiary/aromatic N) is 2. The second kappa shape index (κ2) is 7.13. The predicted molar refractivity (Wildman–Crippen MR) is 81.9 cm³/mol. The number of aliphatic hydroxyl groups excluding tert-OH is 1. The van der Waals surface area contributed by atoms with Gasteiger partial charge in [-0.1, -0.05) is 29.8 Å². The molecule has 0 spiro atoms. The number of carbonyl (C=O) groups is 1. The van der Waals surface area contributed by atoms with Crippen LogP contribution in [-0.2, 0) is 0 Å². The van der Waals surface area contributed by atoms with Crippen LogP contribution in [0.25, 0.3) is 0 Å². The van der Waals surface area contributed by atoms with E-state index in [1.165, 1.54) is 17.2 Å². The van der Waals surface area contributed by atoms with E-state index in [1.54, 1.807) is 6.92 Å². The van der Waals surface area contributed by atoms with Crippen LogP contribution in [0.3, 0.4) is 0 Å². The number of halogens is 1. The molecule has 4 nitrogen and oxygen atoms in total. The molecule has 5 heteroatoms. The Morgan fingerprint density at radius 2 is 2.00 bits per heavy atom. The van der Waals surface area contributed by atoms with E-state index in [0.29, 0.717) is 6.54 Å². The molecule has 0 radical (unpaired) electrons. The minimum atomic E-state index is -0.811. The number of hydrogen-bond donors (Lipinski definition) is 1. The third-order valence-corrected chi connectivity index (χ3v) is 3.53. The molecule has 1 N–H and O–H groups in total. The summed E-state index contributed by atoms with van der Waals surface area (Å²) in [6.45, 7) is 4.24. The summed E-state index contributed by atoms with van der Waals surface area (Å²) < 4.78 is 13.7. The highest BCUT2D eigenvalue weighted by atomic mass is 19.1. The minimum Gasteiger partial charge on any atom is -0.387 e. The zero-order valence-electron chi connectivity index (χ0n) is 12.7. The Morgan fingerprint density at radius 1 is 1.32 bits per heavy atom. The Kier molecular flexibility index (Phi) is 5.22. The average molecular weight is 302 g/mol. The summed E-state index contributed by atoms with van der Waals surface area (Å²) in [7, 11) is 0. The van der Waals surface area contributed by atoms with Gasteiger partial charge in [-0.25, -0.2) is 4.39 Å². The summed E-state index contributed by atoms with van der Waals surface area (Å²) >= 11 is 0. The van der Waals surface area contributed by atoms with Crippen LogP contribution < -0.4 is 0 Å². The summed E-state index contributed by atoms with van der Waals surface area (Å²) in [5.74, 6) is -1.11. The maximum absolute atomic E-state index is 13.7. The molecule has 22 heavy (non-hydrogen) atoms. The third kappa shape index (κ3) is 3.68. The van der Waals surface area contributed by atoms with Crippen LogP contribution in [0, 0.1) is 12.7 Å². The van der Waals surface area contributed by atoms with Gasteiger partial charge in [-0.2, -0.15) is 0 Å². The molecule has 0 aliphatic heterocycles. The van der Waals surface area contributed by atoms with Crippen molar-refractivity contribution in [2.24, 2.45) is 0 Å². The van der Waals surface area contributed by atoms with Gasteiger partial charge in [0.15, 0.2) is 5.82 Å². The van der Waals surface area contributed by atoms with Crippen molar-refractivity contribution in [1.29, 1.82) is 0 Å². The summed E-state index contributed by atoms with van der Waals surface area (Å²) in [5, 5.41) is 10.3. The molecule has 0 fully saturated rings. The Balaban J connectivity index is 2.13. The van der Waals surface area contributed by atoms with E-state index in [9.17, 15) is 14.3 Å². The molecule has 0 aliphatic rings. The molecule has 1 heterocycles. The van der Waals surface area contributed by atoms with Crippen LogP contribution in [0.1, 0.15) is 34.5 Å². The van der Waals surface area contributed by atoms with Crippen molar-refractivity contribution in [1.82, 2.24) is 9.88 Å².